The second-order valence-electron chi connectivity index (χ2n) is 5.59. The fraction of sp³-hybridized carbons (Fsp3) is 0.769. The normalized spacial score (nSPS) is 28.4. The number of aliphatic hydroxyl groups is 1. The first-order chi connectivity index (χ1) is 7.83. The predicted molar refractivity (Wildman–Crippen MR) is 68.3 cm³/mol. The van der Waals surface area contributed by atoms with E-state index >= 15 is 0 Å². The number of nitrogens with two attached hydrogens (primary N) is 1. The number of hydrogen-bond donors (Lipinski definition) is 3. The molecular formula is C13H24N2O2. The Hall–Kier alpha value is -0.870. The zero-order valence-electron chi connectivity index (χ0n) is 11.0. The summed E-state index contributed by atoms with van der Waals surface area (Å²) < 4.78 is 0. The molecule has 3 atom stereocenters. The number of carbonyl (C=O) groups excluding carboxylic acids is 1. The number of amides is 1. The average molecular weight is 240 g/mol. The van der Waals surface area contributed by atoms with Crippen LogP contribution in [0.25, 0.3) is 0 Å². The summed E-state index contributed by atoms with van der Waals surface area (Å²) >= 11 is 0. The van der Waals surface area contributed by atoms with Gasteiger partial charge in [-0.25, -0.2) is 0 Å². The Morgan fingerprint density at radius 2 is 2.12 bits per heavy atom. The van der Waals surface area contributed by atoms with Crippen molar-refractivity contribution in [3.8, 4) is 0 Å². The Balaban J connectivity index is 2.66. The second-order valence-corrected chi connectivity index (χ2v) is 5.59. The van der Waals surface area contributed by atoms with Crippen LogP contribution in [0.1, 0.15) is 27.2 Å². The average Bonchev–Trinajstić information content (AvgIpc) is 2.16. The summed E-state index contributed by atoms with van der Waals surface area (Å²) in [5.41, 5.74) is 6.12. The molecule has 0 heterocycles. The van der Waals surface area contributed by atoms with E-state index in [2.05, 4.69) is 11.9 Å². The molecule has 1 rings (SSSR count). The van der Waals surface area contributed by atoms with E-state index in [0.29, 0.717) is 6.54 Å². The van der Waals surface area contributed by atoms with E-state index in [1.165, 1.54) is 0 Å². The minimum atomic E-state index is -0.411. The minimum Gasteiger partial charge on any atom is -0.396 e. The van der Waals surface area contributed by atoms with Gasteiger partial charge in [-0.15, -0.1) is 0 Å². The van der Waals surface area contributed by atoms with Crippen LogP contribution in [0.15, 0.2) is 12.2 Å². The second kappa shape index (κ2) is 5.19. The van der Waals surface area contributed by atoms with Crippen LogP contribution >= 0.6 is 0 Å². The van der Waals surface area contributed by atoms with Crippen molar-refractivity contribution in [1.29, 1.82) is 0 Å². The Morgan fingerprint density at radius 1 is 1.53 bits per heavy atom. The minimum absolute atomic E-state index is 0.0150. The van der Waals surface area contributed by atoms with Gasteiger partial charge in [-0.2, -0.15) is 0 Å². The summed E-state index contributed by atoms with van der Waals surface area (Å²) in [7, 11) is 0. The van der Waals surface area contributed by atoms with Gasteiger partial charge < -0.3 is 16.2 Å². The van der Waals surface area contributed by atoms with E-state index < -0.39 is 5.54 Å². The quantitative estimate of drug-likeness (QED) is 0.618. The van der Waals surface area contributed by atoms with Crippen LogP contribution in [0.4, 0.5) is 0 Å². The van der Waals surface area contributed by atoms with E-state index in [4.69, 9.17) is 5.73 Å². The van der Waals surface area contributed by atoms with Crippen molar-refractivity contribution < 1.29 is 9.90 Å². The molecule has 3 unspecified atom stereocenters. The maximum absolute atomic E-state index is 12.2. The summed E-state index contributed by atoms with van der Waals surface area (Å²) in [6.07, 6.45) is 0.846. The largest absolute Gasteiger partial charge is 0.396 e. The summed E-state index contributed by atoms with van der Waals surface area (Å²) in [6.45, 7) is 10.2. The molecule has 1 aliphatic carbocycles. The smallest absolute Gasteiger partial charge is 0.224 e. The zero-order valence-corrected chi connectivity index (χ0v) is 11.0. The highest BCUT2D eigenvalue weighted by molar-refractivity contribution is 5.81. The molecule has 1 fully saturated rings. The summed E-state index contributed by atoms with van der Waals surface area (Å²) in [4.78, 5) is 12.2. The fourth-order valence-electron chi connectivity index (χ4n) is 2.23. The van der Waals surface area contributed by atoms with E-state index in [-0.39, 0.29) is 30.3 Å². The van der Waals surface area contributed by atoms with Gasteiger partial charge >= 0.3 is 0 Å². The lowest BCUT2D eigenvalue weighted by atomic mass is 9.64. The van der Waals surface area contributed by atoms with Crippen LogP contribution in [0.3, 0.4) is 0 Å². The first-order valence-electron chi connectivity index (χ1n) is 6.12. The Labute approximate surface area is 103 Å². The predicted octanol–water partition coefficient (Wildman–Crippen LogP) is 0.661. The molecule has 0 aromatic rings. The van der Waals surface area contributed by atoms with Crippen molar-refractivity contribution in [3.05, 3.63) is 12.2 Å². The lowest BCUT2D eigenvalue weighted by Gasteiger charge is -2.43. The van der Waals surface area contributed by atoms with Gasteiger partial charge in [-0.1, -0.05) is 12.2 Å². The van der Waals surface area contributed by atoms with Gasteiger partial charge in [0, 0.05) is 12.5 Å². The number of hydrogen-bond acceptors (Lipinski definition) is 3. The van der Waals surface area contributed by atoms with Crippen LogP contribution in [-0.4, -0.2) is 29.7 Å². The van der Waals surface area contributed by atoms with E-state index in [1.54, 1.807) is 0 Å². The van der Waals surface area contributed by atoms with Crippen molar-refractivity contribution in [1.82, 2.24) is 5.32 Å². The van der Waals surface area contributed by atoms with Gasteiger partial charge in [0.1, 0.15) is 0 Å². The third kappa shape index (κ3) is 2.87. The van der Waals surface area contributed by atoms with Crippen LogP contribution in [0, 0.1) is 17.8 Å². The topological polar surface area (TPSA) is 75.4 Å². The van der Waals surface area contributed by atoms with Gasteiger partial charge in [-0.3, -0.25) is 4.79 Å². The summed E-state index contributed by atoms with van der Waals surface area (Å²) in [5.74, 6) is 0.0971. The van der Waals surface area contributed by atoms with Gasteiger partial charge in [0.25, 0.3) is 0 Å². The van der Waals surface area contributed by atoms with Gasteiger partial charge in [0.2, 0.25) is 5.91 Å². The maximum atomic E-state index is 12.2. The van der Waals surface area contributed by atoms with Gasteiger partial charge in [0.15, 0.2) is 0 Å². The molecule has 1 saturated carbocycles. The fourth-order valence-corrected chi connectivity index (χ4v) is 2.23. The van der Waals surface area contributed by atoms with Crippen molar-refractivity contribution in [2.24, 2.45) is 23.5 Å². The van der Waals surface area contributed by atoms with Gasteiger partial charge in [0.05, 0.1) is 5.54 Å². The molecule has 0 aromatic carbocycles. The summed E-state index contributed by atoms with van der Waals surface area (Å²) in [5, 5.41) is 12.2. The third-order valence-electron chi connectivity index (χ3n) is 3.96. The van der Waals surface area contributed by atoms with Crippen molar-refractivity contribution in [2.45, 2.75) is 32.7 Å². The molecule has 0 aliphatic heterocycles. The SMILES string of the molecule is C=C(C)C(C)(C)NC(=O)C1C(CN)CC1CO. The zero-order chi connectivity index (χ0) is 13.2. The van der Waals surface area contributed by atoms with E-state index in [9.17, 15) is 9.90 Å². The molecule has 0 radical (unpaired) electrons. The van der Waals surface area contributed by atoms with E-state index in [1.807, 2.05) is 20.8 Å². The number of rotatable bonds is 5. The van der Waals surface area contributed by atoms with Gasteiger partial charge in [-0.05, 0) is 45.6 Å². The van der Waals surface area contributed by atoms with Crippen LogP contribution < -0.4 is 11.1 Å². The Kier molecular flexibility index (Phi) is 4.33. The number of aliphatic hydroxyl groups excluding tert-OH is 1. The van der Waals surface area contributed by atoms with Crippen molar-refractivity contribution >= 4 is 5.91 Å². The first kappa shape index (κ1) is 14.2. The van der Waals surface area contributed by atoms with E-state index in [0.717, 1.165) is 12.0 Å². The molecule has 17 heavy (non-hydrogen) atoms. The molecule has 0 saturated heterocycles. The van der Waals surface area contributed by atoms with Crippen LogP contribution in [0.5, 0.6) is 0 Å². The first-order valence-corrected chi connectivity index (χ1v) is 6.12. The molecule has 4 nitrogen and oxygen atoms in total. The molecular weight excluding hydrogens is 216 g/mol. The number of carbonyl (C=O) groups is 1. The molecule has 4 N–H and O–H groups in total. The molecule has 1 aliphatic rings. The number of nitrogens with one attached hydrogen (secondary N) is 1. The lowest BCUT2D eigenvalue weighted by molar-refractivity contribution is -0.137. The highest BCUT2D eigenvalue weighted by Gasteiger charge is 2.45. The maximum Gasteiger partial charge on any atom is 0.224 e. The monoisotopic (exact) mass is 240 g/mol. The third-order valence-corrected chi connectivity index (χ3v) is 3.96. The molecule has 0 spiro atoms. The standard InChI is InChI=1S/C13H24N2O2/c1-8(2)13(3,4)15-12(17)11-9(6-14)5-10(11)7-16/h9-11,16H,1,5-7,14H2,2-4H3,(H,15,17). The Bertz CT molecular complexity index is 303. The van der Waals surface area contributed by atoms with Crippen molar-refractivity contribution in [3.63, 3.8) is 0 Å². The molecule has 98 valence electrons. The molecule has 4 heteroatoms. The molecule has 0 aromatic heterocycles. The highest BCUT2D eigenvalue weighted by atomic mass is 16.3. The van der Waals surface area contributed by atoms with Crippen LogP contribution in [0.2, 0.25) is 0 Å². The lowest BCUT2D eigenvalue weighted by Crippen LogP contribution is -2.55. The Morgan fingerprint density at radius 3 is 2.53 bits per heavy atom. The highest BCUT2D eigenvalue weighted by Crippen LogP contribution is 2.40. The van der Waals surface area contributed by atoms with Crippen molar-refractivity contribution in [2.75, 3.05) is 13.2 Å². The van der Waals surface area contributed by atoms with Crippen LogP contribution in [-0.2, 0) is 4.79 Å². The molecule has 0 bridgehead atoms. The summed E-state index contributed by atoms with van der Waals surface area (Å²) in [6, 6.07) is 0. The molecule has 1 amide bonds.